The average molecular weight is 182 g/mol. The molecule has 0 aromatic carbocycles. The molecule has 2 aliphatic rings. The van der Waals surface area contributed by atoms with E-state index in [1.54, 1.807) is 0 Å². The fourth-order valence-electron chi connectivity index (χ4n) is 2.50. The van der Waals surface area contributed by atoms with Crippen LogP contribution in [0.15, 0.2) is 11.6 Å². The molecular formula is C11H18O2. The first kappa shape index (κ1) is 9.22. The minimum atomic E-state index is -0.385. The normalized spacial score (nSPS) is 45.5. The van der Waals surface area contributed by atoms with Crippen LogP contribution < -0.4 is 0 Å². The van der Waals surface area contributed by atoms with Gasteiger partial charge in [-0.2, -0.15) is 0 Å². The van der Waals surface area contributed by atoms with Gasteiger partial charge >= 0.3 is 0 Å². The molecule has 2 fully saturated rings. The third-order valence-electron chi connectivity index (χ3n) is 3.00. The van der Waals surface area contributed by atoms with Crippen molar-refractivity contribution in [3.05, 3.63) is 11.6 Å². The van der Waals surface area contributed by atoms with Crippen LogP contribution in [-0.4, -0.2) is 18.0 Å². The molecule has 2 heteroatoms. The smallest absolute Gasteiger partial charge is 0.164 e. The van der Waals surface area contributed by atoms with Crippen molar-refractivity contribution in [2.45, 2.75) is 52.1 Å². The number of hydrogen-bond acceptors (Lipinski definition) is 2. The largest absolute Gasteiger partial charge is 0.344 e. The van der Waals surface area contributed by atoms with Crippen molar-refractivity contribution in [1.82, 2.24) is 0 Å². The van der Waals surface area contributed by atoms with E-state index >= 15 is 0 Å². The molecule has 13 heavy (non-hydrogen) atoms. The molecule has 3 atom stereocenters. The summed E-state index contributed by atoms with van der Waals surface area (Å²) in [5.74, 6) is 0.236. The van der Waals surface area contributed by atoms with Crippen LogP contribution in [0.1, 0.15) is 34.1 Å². The maximum absolute atomic E-state index is 5.86. The van der Waals surface area contributed by atoms with Crippen LogP contribution in [0, 0.1) is 5.92 Å². The van der Waals surface area contributed by atoms with Crippen LogP contribution in [0.2, 0.25) is 0 Å². The number of rotatable bonds is 0. The van der Waals surface area contributed by atoms with Crippen molar-refractivity contribution >= 4 is 0 Å². The number of ether oxygens (including phenoxy) is 2. The molecule has 0 bridgehead atoms. The zero-order valence-electron chi connectivity index (χ0n) is 8.83. The first-order valence-electron chi connectivity index (χ1n) is 5.05. The van der Waals surface area contributed by atoms with E-state index in [4.69, 9.17) is 9.47 Å². The molecule has 1 heterocycles. The summed E-state index contributed by atoms with van der Waals surface area (Å²) in [5.41, 5.74) is 1.41. The molecular weight excluding hydrogens is 164 g/mol. The van der Waals surface area contributed by atoms with Crippen LogP contribution >= 0.6 is 0 Å². The standard InChI is InChI=1S/C11H18O2/c1-5-8-7(2)6-9-10(8)13-11(3,4)12-9/h5,7,9-10H,6H2,1-4H3/b8-5+/t7-,9-,10+/m1/s1. The van der Waals surface area contributed by atoms with Crippen molar-refractivity contribution in [1.29, 1.82) is 0 Å². The zero-order valence-corrected chi connectivity index (χ0v) is 8.83. The lowest BCUT2D eigenvalue weighted by Gasteiger charge is -2.20. The van der Waals surface area contributed by atoms with Crippen molar-refractivity contribution in [3.63, 3.8) is 0 Å². The summed E-state index contributed by atoms with van der Waals surface area (Å²) in [5, 5.41) is 0. The minimum Gasteiger partial charge on any atom is -0.344 e. The van der Waals surface area contributed by atoms with Gasteiger partial charge in [0.25, 0.3) is 0 Å². The molecule has 0 radical (unpaired) electrons. The Bertz CT molecular complexity index is 242. The molecule has 0 N–H and O–H groups in total. The van der Waals surface area contributed by atoms with Crippen molar-refractivity contribution in [2.24, 2.45) is 5.92 Å². The number of hydrogen-bond donors (Lipinski definition) is 0. The van der Waals surface area contributed by atoms with Crippen molar-refractivity contribution < 1.29 is 9.47 Å². The highest BCUT2D eigenvalue weighted by atomic mass is 16.8. The van der Waals surface area contributed by atoms with E-state index in [1.807, 2.05) is 13.8 Å². The Morgan fingerprint density at radius 1 is 1.38 bits per heavy atom. The highest BCUT2D eigenvalue weighted by molar-refractivity contribution is 5.21. The third-order valence-corrected chi connectivity index (χ3v) is 3.00. The molecule has 1 saturated heterocycles. The second kappa shape index (κ2) is 2.82. The lowest BCUT2D eigenvalue weighted by atomic mass is 10.0. The van der Waals surface area contributed by atoms with Gasteiger partial charge in [-0.1, -0.05) is 13.0 Å². The number of allylic oxidation sites excluding steroid dienone is 1. The maximum atomic E-state index is 5.86. The lowest BCUT2D eigenvalue weighted by molar-refractivity contribution is -0.148. The molecule has 1 aliphatic heterocycles. The SMILES string of the molecule is C/C=C1\[C@H](C)C[C@H]2OC(C)(C)O[C@@H]12. The molecule has 0 unspecified atom stereocenters. The van der Waals surface area contributed by atoms with Crippen molar-refractivity contribution in [2.75, 3.05) is 0 Å². The Balaban J connectivity index is 2.20. The molecule has 0 aromatic heterocycles. The fourth-order valence-corrected chi connectivity index (χ4v) is 2.50. The second-order valence-corrected chi connectivity index (χ2v) is 4.52. The first-order chi connectivity index (χ1) is 6.03. The van der Waals surface area contributed by atoms with Crippen molar-refractivity contribution in [3.8, 4) is 0 Å². The molecule has 0 spiro atoms. The van der Waals surface area contributed by atoms with Crippen LogP contribution in [0.25, 0.3) is 0 Å². The van der Waals surface area contributed by atoms with Gasteiger partial charge in [0.1, 0.15) is 6.10 Å². The lowest BCUT2D eigenvalue weighted by Crippen LogP contribution is -2.23. The second-order valence-electron chi connectivity index (χ2n) is 4.52. The summed E-state index contributed by atoms with van der Waals surface area (Å²) in [7, 11) is 0. The number of fused-ring (bicyclic) bond motifs is 1. The molecule has 0 amide bonds. The van der Waals surface area contributed by atoms with Gasteiger partial charge in [0.15, 0.2) is 5.79 Å². The summed E-state index contributed by atoms with van der Waals surface area (Å²) in [6.07, 6.45) is 3.79. The summed E-state index contributed by atoms with van der Waals surface area (Å²) >= 11 is 0. The van der Waals surface area contributed by atoms with Gasteiger partial charge in [0.05, 0.1) is 6.10 Å². The molecule has 0 aromatic rings. The van der Waals surface area contributed by atoms with E-state index in [0.717, 1.165) is 6.42 Å². The summed E-state index contributed by atoms with van der Waals surface area (Å²) in [6, 6.07) is 0. The monoisotopic (exact) mass is 182 g/mol. The van der Waals surface area contributed by atoms with Gasteiger partial charge in [0, 0.05) is 0 Å². The highest BCUT2D eigenvalue weighted by Gasteiger charge is 2.48. The van der Waals surface area contributed by atoms with E-state index in [9.17, 15) is 0 Å². The van der Waals surface area contributed by atoms with Gasteiger partial charge in [-0.15, -0.1) is 0 Å². The Labute approximate surface area is 79.9 Å². The molecule has 1 saturated carbocycles. The third kappa shape index (κ3) is 1.42. The summed E-state index contributed by atoms with van der Waals surface area (Å²) < 4.78 is 11.7. The van der Waals surface area contributed by atoms with Gasteiger partial charge in [-0.25, -0.2) is 0 Å². The Hall–Kier alpha value is -0.340. The molecule has 2 rings (SSSR count). The fraction of sp³-hybridized carbons (Fsp3) is 0.818. The average Bonchev–Trinajstić information content (AvgIpc) is 2.39. The molecule has 1 aliphatic carbocycles. The van der Waals surface area contributed by atoms with E-state index < -0.39 is 0 Å². The topological polar surface area (TPSA) is 18.5 Å². The predicted molar refractivity (Wildman–Crippen MR) is 51.4 cm³/mol. The maximum Gasteiger partial charge on any atom is 0.164 e. The van der Waals surface area contributed by atoms with E-state index in [-0.39, 0.29) is 18.0 Å². The van der Waals surface area contributed by atoms with Gasteiger partial charge in [-0.05, 0) is 38.7 Å². The summed E-state index contributed by atoms with van der Waals surface area (Å²) in [6.45, 7) is 8.31. The van der Waals surface area contributed by atoms with E-state index in [1.165, 1.54) is 5.57 Å². The Morgan fingerprint density at radius 2 is 2.08 bits per heavy atom. The van der Waals surface area contributed by atoms with Gasteiger partial charge < -0.3 is 9.47 Å². The van der Waals surface area contributed by atoms with E-state index in [0.29, 0.717) is 5.92 Å². The van der Waals surface area contributed by atoms with Crippen LogP contribution in [0.4, 0.5) is 0 Å². The summed E-state index contributed by atoms with van der Waals surface area (Å²) in [4.78, 5) is 0. The first-order valence-corrected chi connectivity index (χ1v) is 5.05. The van der Waals surface area contributed by atoms with Crippen LogP contribution in [0.3, 0.4) is 0 Å². The Morgan fingerprint density at radius 3 is 2.69 bits per heavy atom. The predicted octanol–water partition coefficient (Wildman–Crippen LogP) is 2.49. The molecule has 74 valence electrons. The van der Waals surface area contributed by atoms with Crippen LogP contribution in [0.5, 0.6) is 0 Å². The van der Waals surface area contributed by atoms with Gasteiger partial charge in [-0.3, -0.25) is 0 Å². The molecule has 2 nitrogen and oxygen atoms in total. The highest BCUT2D eigenvalue weighted by Crippen LogP contribution is 2.43. The van der Waals surface area contributed by atoms with Crippen LogP contribution in [-0.2, 0) is 9.47 Å². The Kier molecular flexibility index (Phi) is 2.00. The van der Waals surface area contributed by atoms with Gasteiger partial charge in [0.2, 0.25) is 0 Å². The minimum absolute atomic E-state index is 0.218. The van der Waals surface area contributed by atoms with E-state index in [2.05, 4.69) is 19.9 Å². The quantitative estimate of drug-likeness (QED) is 0.536. The zero-order chi connectivity index (χ0) is 9.64.